The molecule has 0 saturated carbocycles. The van der Waals surface area contributed by atoms with Crippen molar-refractivity contribution >= 4 is 12.1 Å². The summed E-state index contributed by atoms with van der Waals surface area (Å²) in [5, 5.41) is 0.676. The Morgan fingerprint density at radius 3 is 2.08 bits per heavy atom. The van der Waals surface area contributed by atoms with Crippen LogP contribution in [-0.2, 0) is 14.4 Å². The number of hydrogen-bond acceptors (Lipinski definition) is 5. The van der Waals surface area contributed by atoms with Crippen molar-refractivity contribution in [1.82, 2.24) is 10.6 Å². The first-order chi connectivity index (χ1) is 11.6. The standard InChI is InChI=1S/C18H18N2O4/c1-12(21)24-20(19-2)18(22)23-11-17-15-9-5-3-7-13(15)14-8-4-6-10-16(14)17/h3-10,17,19H,11H2,1-2H3. The van der Waals surface area contributed by atoms with Gasteiger partial charge in [-0.05, 0) is 22.3 Å². The van der Waals surface area contributed by atoms with Crippen LogP contribution in [0.5, 0.6) is 0 Å². The van der Waals surface area contributed by atoms with Gasteiger partial charge < -0.3 is 9.57 Å². The van der Waals surface area contributed by atoms with Gasteiger partial charge in [-0.1, -0.05) is 53.7 Å². The molecule has 0 aromatic heterocycles. The number of benzene rings is 2. The zero-order valence-electron chi connectivity index (χ0n) is 13.5. The van der Waals surface area contributed by atoms with Crippen LogP contribution >= 0.6 is 0 Å². The van der Waals surface area contributed by atoms with Gasteiger partial charge in [0, 0.05) is 19.9 Å². The number of ether oxygens (including phenoxy) is 1. The molecule has 0 heterocycles. The number of amides is 1. The smallest absolute Gasteiger partial charge is 0.445 e. The lowest BCUT2D eigenvalue weighted by Crippen LogP contribution is -2.42. The third-order valence-electron chi connectivity index (χ3n) is 3.92. The Kier molecular flexibility index (Phi) is 4.48. The van der Waals surface area contributed by atoms with E-state index in [1.807, 2.05) is 36.4 Å². The zero-order valence-corrected chi connectivity index (χ0v) is 13.5. The number of carbonyl (C=O) groups excluding carboxylic acids is 2. The quantitative estimate of drug-likeness (QED) is 0.879. The number of fused-ring (bicyclic) bond motifs is 3. The number of carbonyl (C=O) groups is 2. The van der Waals surface area contributed by atoms with Crippen LogP contribution in [0.25, 0.3) is 11.1 Å². The molecule has 2 aromatic carbocycles. The van der Waals surface area contributed by atoms with Crippen molar-refractivity contribution in [2.24, 2.45) is 0 Å². The predicted octanol–water partition coefficient (Wildman–Crippen LogP) is 2.85. The molecule has 124 valence electrons. The van der Waals surface area contributed by atoms with Crippen LogP contribution in [0, 0.1) is 0 Å². The maximum Gasteiger partial charge on any atom is 0.459 e. The molecular formula is C18H18N2O4. The summed E-state index contributed by atoms with van der Waals surface area (Å²) < 4.78 is 5.34. The summed E-state index contributed by atoms with van der Waals surface area (Å²) in [7, 11) is 1.46. The minimum Gasteiger partial charge on any atom is -0.445 e. The zero-order chi connectivity index (χ0) is 17.1. The van der Waals surface area contributed by atoms with Gasteiger partial charge in [-0.3, -0.25) is 0 Å². The van der Waals surface area contributed by atoms with Crippen LogP contribution in [0.4, 0.5) is 4.79 Å². The van der Waals surface area contributed by atoms with E-state index in [2.05, 4.69) is 17.6 Å². The summed E-state index contributed by atoms with van der Waals surface area (Å²) >= 11 is 0. The predicted molar refractivity (Wildman–Crippen MR) is 87.7 cm³/mol. The van der Waals surface area contributed by atoms with Crippen LogP contribution in [0.3, 0.4) is 0 Å². The Hall–Kier alpha value is -2.86. The fourth-order valence-electron chi connectivity index (χ4n) is 2.96. The second kappa shape index (κ2) is 6.72. The first-order valence-corrected chi connectivity index (χ1v) is 7.63. The van der Waals surface area contributed by atoms with Crippen molar-refractivity contribution in [3.63, 3.8) is 0 Å². The molecule has 0 saturated heterocycles. The molecule has 0 atom stereocenters. The molecule has 0 aliphatic heterocycles. The Bertz CT molecular complexity index is 730. The number of hydrogen-bond donors (Lipinski definition) is 1. The van der Waals surface area contributed by atoms with Crippen molar-refractivity contribution < 1.29 is 19.2 Å². The van der Waals surface area contributed by atoms with Crippen molar-refractivity contribution in [2.75, 3.05) is 13.7 Å². The number of hydrazine groups is 1. The molecule has 6 heteroatoms. The van der Waals surface area contributed by atoms with Crippen molar-refractivity contribution in [2.45, 2.75) is 12.8 Å². The summed E-state index contributed by atoms with van der Waals surface area (Å²) in [5.41, 5.74) is 7.01. The number of nitrogens with zero attached hydrogens (tertiary/aromatic N) is 1. The van der Waals surface area contributed by atoms with Gasteiger partial charge in [-0.15, -0.1) is 0 Å². The molecule has 1 amide bonds. The molecule has 1 aliphatic rings. The van der Waals surface area contributed by atoms with Gasteiger partial charge >= 0.3 is 12.1 Å². The van der Waals surface area contributed by atoms with Gasteiger partial charge in [0.1, 0.15) is 6.61 Å². The van der Waals surface area contributed by atoms with Gasteiger partial charge in [0.2, 0.25) is 0 Å². The van der Waals surface area contributed by atoms with Gasteiger partial charge in [0.05, 0.1) is 0 Å². The van der Waals surface area contributed by atoms with E-state index in [1.54, 1.807) is 0 Å². The van der Waals surface area contributed by atoms with Gasteiger partial charge in [0.25, 0.3) is 0 Å². The number of nitrogens with one attached hydrogen (secondary N) is 1. The lowest BCUT2D eigenvalue weighted by molar-refractivity contribution is -0.189. The topological polar surface area (TPSA) is 67.9 Å². The minimum atomic E-state index is -0.769. The van der Waals surface area contributed by atoms with E-state index in [4.69, 9.17) is 9.57 Å². The molecule has 0 fully saturated rings. The molecule has 24 heavy (non-hydrogen) atoms. The molecule has 0 bridgehead atoms. The largest absolute Gasteiger partial charge is 0.459 e. The average molecular weight is 326 g/mol. The second-order valence-electron chi connectivity index (χ2n) is 5.40. The van der Waals surface area contributed by atoms with Crippen molar-refractivity contribution in [1.29, 1.82) is 0 Å². The Labute approximate surface area is 139 Å². The fourth-order valence-corrected chi connectivity index (χ4v) is 2.96. The van der Waals surface area contributed by atoms with E-state index < -0.39 is 12.1 Å². The highest BCUT2D eigenvalue weighted by Crippen LogP contribution is 2.44. The van der Waals surface area contributed by atoms with Crippen molar-refractivity contribution in [3.05, 3.63) is 59.7 Å². The molecule has 0 spiro atoms. The molecule has 3 rings (SSSR count). The summed E-state index contributed by atoms with van der Waals surface area (Å²) in [6.45, 7) is 1.37. The van der Waals surface area contributed by atoms with Crippen LogP contribution in [0.1, 0.15) is 24.0 Å². The highest BCUT2D eigenvalue weighted by Gasteiger charge is 2.30. The normalized spacial score (nSPS) is 12.2. The molecule has 6 nitrogen and oxygen atoms in total. The second-order valence-corrected chi connectivity index (χ2v) is 5.40. The van der Waals surface area contributed by atoms with E-state index in [-0.39, 0.29) is 12.5 Å². The van der Waals surface area contributed by atoms with Gasteiger partial charge in [-0.25, -0.2) is 9.59 Å². The molecule has 1 N–H and O–H groups in total. The van der Waals surface area contributed by atoms with Crippen LogP contribution in [-0.4, -0.2) is 30.9 Å². The Morgan fingerprint density at radius 1 is 1.04 bits per heavy atom. The third kappa shape index (κ3) is 2.96. The van der Waals surface area contributed by atoms with Crippen LogP contribution in [0.2, 0.25) is 0 Å². The Morgan fingerprint density at radius 2 is 1.58 bits per heavy atom. The molecule has 2 aromatic rings. The van der Waals surface area contributed by atoms with E-state index in [0.29, 0.717) is 5.17 Å². The summed E-state index contributed by atoms with van der Waals surface area (Å²) in [6, 6.07) is 16.1. The van der Waals surface area contributed by atoms with E-state index in [9.17, 15) is 9.59 Å². The molecule has 0 unspecified atom stereocenters. The lowest BCUT2D eigenvalue weighted by Gasteiger charge is -2.20. The maximum absolute atomic E-state index is 12.1. The third-order valence-corrected chi connectivity index (χ3v) is 3.92. The average Bonchev–Trinajstić information content (AvgIpc) is 2.91. The lowest BCUT2D eigenvalue weighted by atomic mass is 9.98. The van der Waals surface area contributed by atoms with Gasteiger partial charge in [0.15, 0.2) is 0 Å². The SMILES string of the molecule is CNN(OC(C)=O)C(=O)OCC1c2ccccc2-c2ccccc21. The fraction of sp³-hybridized carbons (Fsp3) is 0.222. The summed E-state index contributed by atoms with van der Waals surface area (Å²) in [6.07, 6.45) is -0.769. The van der Waals surface area contributed by atoms with E-state index >= 15 is 0 Å². The highest BCUT2D eigenvalue weighted by molar-refractivity contribution is 5.79. The molecule has 0 radical (unpaired) electrons. The van der Waals surface area contributed by atoms with E-state index in [1.165, 1.54) is 14.0 Å². The maximum atomic E-state index is 12.1. The van der Waals surface area contributed by atoms with Crippen molar-refractivity contribution in [3.8, 4) is 11.1 Å². The van der Waals surface area contributed by atoms with Crippen LogP contribution in [0.15, 0.2) is 48.5 Å². The van der Waals surface area contributed by atoms with Gasteiger partial charge in [-0.2, -0.15) is 5.43 Å². The molecule has 1 aliphatic carbocycles. The summed E-state index contributed by atoms with van der Waals surface area (Å²) in [4.78, 5) is 27.8. The minimum absolute atomic E-state index is 0.0441. The Balaban J connectivity index is 1.78. The molecular weight excluding hydrogens is 308 g/mol. The van der Waals surface area contributed by atoms with Crippen LogP contribution < -0.4 is 5.43 Å². The number of hydroxylamine groups is 1. The summed E-state index contributed by atoms with van der Waals surface area (Å²) in [5.74, 6) is -0.657. The first kappa shape index (κ1) is 16.0. The highest BCUT2D eigenvalue weighted by atomic mass is 16.8. The number of rotatable bonds is 3. The van der Waals surface area contributed by atoms with E-state index in [0.717, 1.165) is 22.3 Å². The monoisotopic (exact) mass is 326 g/mol. The first-order valence-electron chi connectivity index (χ1n) is 7.63.